The van der Waals surface area contributed by atoms with Crippen LogP contribution in [0.5, 0.6) is 0 Å². The summed E-state index contributed by atoms with van der Waals surface area (Å²) in [5.41, 5.74) is 4.30. The van der Waals surface area contributed by atoms with Crippen LogP contribution in [0.1, 0.15) is 37.6 Å². The molecule has 1 aromatic carbocycles. The van der Waals surface area contributed by atoms with Gasteiger partial charge >= 0.3 is 0 Å². The molecule has 106 valence electrons. The largest absolute Gasteiger partial charge is 0.231 e. The van der Waals surface area contributed by atoms with E-state index in [-0.39, 0.29) is 5.41 Å². The molecule has 0 bridgehead atoms. The van der Waals surface area contributed by atoms with Gasteiger partial charge < -0.3 is 0 Å². The second-order valence-electron chi connectivity index (χ2n) is 6.05. The van der Waals surface area contributed by atoms with E-state index >= 15 is 0 Å². The van der Waals surface area contributed by atoms with Gasteiger partial charge in [0.25, 0.3) is 0 Å². The highest BCUT2D eigenvalue weighted by molar-refractivity contribution is 9.10. The Morgan fingerprint density at radius 1 is 1.05 bits per heavy atom. The highest BCUT2D eigenvalue weighted by atomic mass is 79.9. The predicted octanol–water partition coefficient (Wildman–Crippen LogP) is 5.47. The first-order chi connectivity index (χ1) is 9.20. The summed E-state index contributed by atoms with van der Waals surface area (Å²) in [6.07, 6.45) is 0. The van der Waals surface area contributed by atoms with E-state index in [9.17, 15) is 0 Å². The van der Waals surface area contributed by atoms with Gasteiger partial charge in [0.15, 0.2) is 5.82 Å². The number of aryl methyl sites for hydroxylation is 2. The molecule has 0 atom stereocenters. The molecule has 0 saturated heterocycles. The van der Waals surface area contributed by atoms with Crippen molar-refractivity contribution in [2.75, 3.05) is 0 Å². The Kier molecular flexibility index (Phi) is 4.22. The van der Waals surface area contributed by atoms with Gasteiger partial charge in [0.1, 0.15) is 5.15 Å². The molecule has 1 heterocycles. The Bertz CT molecular complexity index is 660. The van der Waals surface area contributed by atoms with Crippen molar-refractivity contribution in [1.29, 1.82) is 0 Å². The minimum atomic E-state index is -0.0973. The summed E-state index contributed by atoms with van der Waals surface area (Å²) in [7, 11) is 0. The molecule has 0 aliphatic carbocycles. The van der Waals surface area contributed by atoms with Crippen molar-refractivity contribution in [3.63, 3.8) is 0 Å². The summed E-state index contributed by atoms with van der Waals surface area (Å²) in [5.74, 6) is 0.672. The molecule has 0 radical (unpaired) electrons. The van der Waals surface area contributed by atoms with Crippen LogP contribution in [0.15, 0.2) is 22.7 Å². The molecule has 0 fully saturated rings. The van der Waals surface area contributed by atoms with Crippen LogP contribution in [0.4, 0.5) is 0 Å². The van der Waals surface area contributed by atoms with E-state index in [1.165, 1.54) is 11.1 Å². The van der Waals surface area contributed by atoms with E-state index in [1.807, 2.05) is 6.07 Å². The number of benzene rings is 1. The Hall–Kier alpha value is -0.930. The maximum absolute atomic E-state index is 6.25. The molecule has 20 heavy (non-hydrogen) atoms. The van der Waals surface area contributed by atoms with Crippen LogP contribution in [0.25, 0.3) is 11.4 Å². The Morgan fingerprint density at radius 3 is 2.25 bits per heavy atom. The zero-order valence-corrected chi connectivity index (χ0v) is 14.7. The molecule has 2 nitrogen and oxygen atoms in total. The fourth-order valence-corrected chi connectivity index (χ4v) is 2.87. The summed E-state index contributed by atoms with van der Waals surface area (Å²) in [4.78, 5) is 9.10. The van der Waals surface area contributed by atoms with E-state index in [0.29, 0.717) is 11.0 Å². The van der Waals surface area contributed by atoms with Crippen LogP contribution in [-0.4, -0.2) is 9.97 Å². The lowest BCUT2D eigenvalue weighted by Gasteiger charge is -2.20. The second kappa shape index (κ2) is 5.45. The molecule has 0 aliphatic heterocycles. The zero-order valence-electron chi connectivity index (χ0n) is 12.4. The molecule has 0 N–H and O–H groups in total. The van der Waals surface area contributed by atoms with Crippen LogP contribution in [-0.2, 0) is 5.41 Å². The highest BCUT2D eigenvalue weighted by Crippen LogP contribution is 2.34. The van der Waals surface area contributed by atoms with E-state index in [4.69, 9.17) is 16.6 Å². The van der Waals surface area contributed by atoms with Gasteiger partial charge in [-0.1, -0.05) is 44.5 Å². The van der Waals surface area contributed by atoms with Crippen molar-refractivity contribution in [1.82, 2.24) is 9.97 Å². The number of hydrogen-bond acceptors (Lipinski definition) is 2. The number of nitrogens with zero attached hydrogens (tertiary/aromatic N) is 2. The minimum absolute atomic E-state index is 0.0973. The summed E-state index contributed by atoms with van der Waals surface area (Å²) >= 11 is 9.74. The van der Waals surface area contributed by atoms with Gasteiger partial charge in [0.2, 0.25) is 0 Å². The van der Waals surface area contributed by atoms with E-state index in [2.05, 4.69) is 67.7 Å². The van der Waals surface area contributed by atoms with Crippen LogP contribution < -0.4 is 0 Å². The van der Waals surface area contributed by atoms with Crippen molar-refractivity contribution < 1.29 is 0 Å². The topological polar surface area (TPSA) is 25.8 Å². The summed E-state index contributed by atoms with van der Waals surface area (Å²) in [5, 5.41) is 0.457. The smallest absolute Gasteiger partial charge is 0.161 e. The maximum atomic E-state index is 6.25. The third kappa shape index (κ3) is 3.04. The maximum Gasteiger partial charge on any atom is 0.161 e. The average Bonchev–Trinajstić information content (AvgIpc) is 2.34. The lowest BCUT2D eigenvalue weighted by Crippen LogP contribution is -2.16. The highest BCUT2D eigenvalue weighted by Gasteiger charge is 2.23. The molecular weight excluding hydrogens is 336 g/mol. The zero-order chi connectivity index (χ0) is 15.1. The van der Waals surface area contributed by atoms with Crippen molar-refractivity contribution in [3.8, 4) is 11.4 Å². The lowest BCUT2D eigenvalue weighted by molar-refractivity contribution is 0.564. The lowest BCUT2D eigenvalue weighted by atomic mass is 9.92. The first kappa shape index (κ1) is 15.5. The summed E-state index contributed by atoms with van der Waals surface area (Å²) < 4.78 is 0.777. The van der Waals surface area contributed by atoms with E-state index in [1.54, 1.807) is 0 Å². The molecule has 0 amide bonds. The molecule has 2 aromatic rings. The van der Waals surface area contributed by atoms with Gasteiger partial charge in [0.05, 0.1) is 10.2 Å². The predicted molar refractivity (Wildman–Crippen MR) is 88.4 cm³/mol. The van der Waals surface area contributed by atoms with E-state index < -0.39 is 0 Å². The van der Waals surface area contributed by atoms with Gasteiger partial charge in [-0.3, -0.25) is 0 Å². The molecule has 0 unspecified atom stereocenters. The van der Waals surface area contributed by atoms with Crippen LogP contribution in [0.3, 0.4) is 0 Å². The molecule has 0 spiro atoms. The molecule has 2 rings (SSSR count). The molecule has 1 aromatic heterocycles. The third-order valence-electron chi connectivity index (χ3n) is 3.29. The van der Waals surface area contributed by atoms with Crippen molar-refractivity contribution >= 4 is 27.5 Å². The first-order valence-electron chi connectivity index (χ1n) is 6.51. The first-order valence-corrected chi connectivity index (χ1v) is 7.68. The van der Waals surface area contributed by atoms with Gasteiger partial charge in [-0.25, -0.2) is 9.97 Å². The quantitative estimate of drug-likeness (QED) is 0.635. The standard InChI is InChI=1S/C16H18BrClN2/c1-9-6-7-11(8-10(9)2)15-19-13(16(3,4)5)12(17)14(18)20-15/h6-8H,1-5H3. The molecular formula is C16H18BrClN2. The Morgan fingerprint density at radius 2 is 1.70 bits per heavy atom. The third-order valence-corrected chi connectivity index (χ3v) is 4.54. The number of aromatic nitrogens is 2. The van der Waals surface area contributed by atoms with Crippen LogP contribution in [0, 0.1) is 13.8 Å². The van der Waals surface area contributed by atoms with Crippen LogP contribution in [0.2, 0.25) is 5.15 Å². The monoisotopic (exact) mass is 352 g/mol. The number of hydrogen-bond donors (Lipinski definition) is 0. The molecule has 0 saturated carbocycles. The normalized spacial score (nSPS) is 11.8. The van der Waals surface area contributed by atoms with Gasteiger partial charge in [-0.05, 0) is 47.0 Å². The average molecular weight is 354 g/mol. The van der Waals surface area contributed by atoms with Gasteiger partial charge in [0, 0.05) is 11.0 Å². The van der Waals surface area contributed by atoms with Crippen LogP contribution >= 0.6 is 27.5 Å². The summed E-state index contributed by atoms with van der Waals surface area (Å²) in [6.45, 7) is 10.5. The van der Waals surface area contributed by atoms with Gasteiger partial charge in [-0.2, -0.15) is 0 Å². The van der Waals surface area contributed by atoms with Crippen molar-refractivity contribution in [3.05, 3.63) is 44.6 Å². The van der Waals surface area contributed by atoms with Crippen molar-refractivity contribution in [2.45, 2.75) is 40.0 Å². The number of rotatable bonds is 1. The summed E-state index contributed by atoms with van der Waals surface area (Å²) in [6, 6.07) is 6.22. The Labute approximate surface area is 133 Å². The fourth-order valence-electron chi connectivity index (χ4n) is 1.93. The number of halogens is 2. The molecule has 4 heteroatoms. The molecule has 0 aliphatic rings. The second-order valence-corrected chi connectivity index (χ2v) is 7.20. The van der Waals surface area contributed by atoms with Crippen molar-refractivity contribution in [2.24, 2.45) is 0 Å². The fraction of sp³-hybridized carbons (Fsp3) is 0.375. The van der Waals surface area contributed by atoms with Gasteiger partial charge in [-0.15, -0.1) is 0 Å². The Balaban J connectivity index is 2.63. The minimum Gasteiger partial charge on any atom is -0.231 e. The van der Waals surface area contributed by atoms with E-state index in [0.717, 1.165) is 15.7 Å². The SMILES string of the molecule is Cc1ccc(-c2nc(Cl)c(Br)c(C(C)(C)C)n2)cc1C.